The van der Waals surface area contributed by atoms with Crippen LogP contribution in [0.15, 0.2) is 30.3 Å². The Balaban J connectivity index is 1.34. The van der Waals surface area contributed by atoms with Crippen LogP contribution in [0.3, 0.4) is 0 Å². The zero-order valence-corrected chi connectivity index (χ0v) is 15.1. The number of benzene rings is 1. The van der Waals surface area contributed by atoms with Gasteiger partial charge in [-0.2, -0.15) is 0 Å². The van der Waals surface area contributed by atoms with Gasteiger partial charge >= 0.3 is 0 Å². The predicted octanol–water partition coefficient (Wildman–Crippen LogP) is 3.37. The van der Waals surface area contributed by atoms with Crippen molar-refractivity contribution in [2.45, 2.75) is 69.4 Å². The summed E-state index contributed by atoms with van der Waals surface area (Å²) in [6.45, 7) is 4.33. The van der Waals surface area contributed by atoms with Crippen molar-refractivity contribution in [3.63, 3.8) is 0 Å². The Bertz CT molecular complexity index is 460. The molecule has 0 radical (unpaired) electrons. The molecule has 0 spiro atoms. The highest BCUT2D eigenvalue weighted by atomic mass is 16.3. The number of hydrogen-bond donors (Lipinski definition) is 2. The van der Waals surface area contributed by atoms with Gasteiger partial charge in [0.25, 0.3) is 0 Å². The quantitative estimate of drug-likeness (QED) is 0.785. The van der Waals surface area contributed by atoms with Crippen molar-refractivity contribution < 1.29 is 5.11 Å². The Morgan fingerprint density at radius 3 is 2.33 bits per heavy atom. The maximum atomic E-state index is 10.8. The minimum atomic E-state index is -0.444. The summed E-state index contributed by atoms with van der Waals surface area (Å²) in [4.78, 5) is 2.59. The first-order chi connectivity index (χ1) is 11.7. The Kier molecular flexibility index (Phi) is 6.70. The monoisotopic (exact) mass is 330 g/mol. The molecule has 2 fully saturated rings. The van der Waals surface area contributed by atoms with E-state index in [9.17, 15) is 5.11 Å². The second-order valence-corrected chi connectivity index (χ2v) is 7.87. The third-order valence-electron chi connectivity index (χ3n) is 5.90. The Morgan fingerprint density at radius 1 is 1.00 bits per heavy atom. The molecule has 1 aliphatic heterocycles. The lowest BCUT2D eigenvalue weighted by Crippen LogP contribution is -2.48. The van der Waals surface area contributed by atoms with Crippen molar-refractivity contribution in [2.75, 3.05) is 26.2 Å². The van der Waals surface area contributed by atoms with Crippen molar-refractivity contribution in [1.82, 2.24) is 10.2 Å². The number of nitrogens with zero attached hydrogens (tertiary/aromatic N) is 1. The average molecular weight is 331 g/mol. The summed E-state index contributed by atoms with van der Waals surface area (Å²) in [7, 11) is 0. The molecule has 1 aromatic carbocycles. The lowest BCUT2D eigenvalue weighted by Gasteiger charge is -2.35. The first-order valence-corrected chi connectivity index (χ1v) is 9.96. The second-order valence-electron chi connectivity index (χ2n) is 7.87. The molecule has 134 valence electrons. The summed E-state index contributed by atoms with van der Waals surface area (Å²) < 4.78 is 0. The van der Waals surface area contributed by atoms with Crippen LogP contribution in [0.2, 0.25) is 0 Å². The molecular weight excluding hydrogens is 296 g/mol. The van der Waals surface area contributed by atoms with Gasteiger partial charge in [-0.25, -0.2) is 0 Å². The molecule has 3 rings (SSSR count). The molecule has 0 aromatic heterocycles. The van der Waals surface area contributed by atoms with Crippen LogP contribution in [-0.4, -0.2) is 47.8 Å². The van der Waals surface area contributed by atoms with E-state index in [0.29, 0.717) is 6.04 Å². The maximum Gasteiger partial charge on any atom is 0.0771 e. The number of piperidine rings is 1. The molecule has 2 N–H and O–H groups in total. The fraction of sp³-hybridized carbons (Fsp3) is 0.714. The Labute approximate surface area is 147 Å². The minimum Gasteiger partial charge on any atom is -0.389 e. The fourth-order valence-electron chi connectivity index (χ4n) is 4.19. The lowest BCUT2D eigenvalue weighted by molar-refractivity contribution is 0.0203. The SMILES string of the molecule is OC1(CNC2CCN(CCc3ccccc3)CC2)CCCCCC1. The van der Waals surface area contributed by atoms with Crippen molar-refractivity contribution in [2.24, 2.45) is 0 Å². The molecule has 1 saturated carbocycles. The Hall–Kier alpha value is -0.900. The van der Waals surface area contributed by atoms with Gasteiger partial charge in [0.05, 0.1) is 5.60 Å². The number of aliphatic hydroxyl groups is 1. The topological polar surface area (TPSA) is 35.5 Å². The van der Waals surface area contributed by atoms with Crippen LogP contribution >= 0.6 is 0 Å². The normalized spacial score (nSPS) is 23.0. The molecule has 1 heterocycles. The van der Waals surface area contributed by atoms with E-state index >= 15 is 0 Å². The fourth-order valence-corrected chi connectivity index (χ4v) is 4.19. The number of likely N-dealkylation sites (tertiary alicyclic amines) is 1. The molecular formula is C21H34N2O. The predicted molar refractivity (Wildman–Crippen MR) is 100 cm³/mol. The van der Waals surface area contributed by atoms with Gasteiger partial charge in [0, 0.05) is 19.1 Å². The molecule has 24 heavy (non-hydrogen) atoms. The summed E-state index contributed by atoms with van der Waals surface area (Å²) >= 11 is 0. The maximum absolute atomic E-state index is 10.8. The van der Waals surface area contributed by atoms with Gasteiger partial charge in [-0.1, -0.05) is 56.0 Å². The summed E-state index contributed by atoms with van der Waals surface area (Å²) in [5, 5.41) is 14.4. The third kappa shape index (κ3) is 5.58. The Morgan fingerprint density at radius 2 is 1.67 bits per heavy atom. The number of hydrogen-bond acceptors (Lipinski definition) is 3. The van der Waals surface area contributed by atoms with Gasteiger partial charge in [-0.15, -0.1) is 0 Å². The van der Waals surface area contributed by atoms with Crippen molar-refractivity contribution >= 4 is 0 Å². The summed E-state index contributed by atoms with van der Waals surface area (Å²) in [5.74, 6) is 0. The number of nitrogens with one attached hydrogen (secondary N) is 1. The van der Waals surface area contributed by atoms with E-state index < -0.39 is 5.60 Å². The number of rotatable bonds is 6. The van der Waals surface area contributed by atoms with Gasteiger partial charge in [-0.3, -0.25) is 0 Å². The van der Waals surface area contributed by atoms with Crippen molar-refractivity contribution in [3.05, 3.63) is 35.9 Å². The minimum absolute atomic E-state index is 0.444. The standard InChI is InChI=1S/C21H34N2O/c24-21(13-6-1-2-7-14-21)18-22-20-11-16-23(17-12-20)15-10-19-8-4-3-5-9-19/h3-5,8-9,20,22,24H,1-2,6-7,10-18H2. The molecule has 0 unspecified atom stereocenters. The molecule has 3 heteroatoms. The van der Waals surface area contributed by atoms with E-state index in [1.54, 1.807) is 0 Å². The van der Waals surface area contributed by atoms with Gasteiger partial charge in [0.2, 0.25) is 0 Å². The third-order valence-corrected chi connectivity index (χ3v) is 5.90. The molecule has 0 atom stereocenters. The van der Waals surface area contributed by atoms with E-state index in [0.717, 1.165) is 25.8 Å². The highest BCUT2D eigenvalue weighted by Gasteiger charge is 2.29. The van der Waals surface area contributed by atoms with Crippen LogP contribution in [0.5, 0.6) is 0 Å². The van der Waals surface area contributed by atoms with Crippen LogP contribution in [0.25, 0.3) is 0 Å². The lowest BCUT2D eigenvalue weighted by atomic mass is 9.93. The van der Waals surface area contributed by atoms with Gasteiger partial charge in [0.1, 0.15) is 0 Å². The smallest absolute Gasteiger partial charge is 0.0771 e. The van der Waals surface area contributed by atoms with Crippen LogP contribution in [-0.2, 0) is 6.42 Å². The van der Waals surface area contributed by atoms with E-state index in [1.165, 1.54) is 63.7 Å². The summed E-state index contributed by atoms with van der Waals surface area (Å²) in [5.41, 5.74) is 0.995. The van der Waals surface area contributed by atoms with Crippen LogP contribution < -0.4 is 5.32 Å². The first-order valence-electron chi connectivity index (χ1n) is 9.96. The van der Waals surface area contributed by atoms with Gasteiger partial charge in [-0.05, 0) is 50.8 Å². The molecule has 2 aliphatic rings. The van der Waals surface area contributed by atoms with Crippen LogP contribution in [0.1, 0.15) is 56.9 Å². The molecule has 1 saturated heterocycles. The summed E-state index contributed by atoms with van der Waals surface area (Å²) in [6.07, 6.45) is 10.5. The van der Waals surface area contributed by atoms with Crippen molar-refractivity contribution in [1.29, 1.82) is 0 Å². The largest absolute Gasteiger partial charge is 0.389 e. The molecule has 3 nitrogen and oxygen atoms in total. The first kappa shape index (κ1) is 17.9. The second kappa shape index (κ2) is 8.98. The van der Waals surface area contributed by atoms with E-state index in [1.807, 2.05) is 0 Å². The highest BCUT2D eigenvalue weighted by Crippen LogP contribution is 2.26. The van der Waals surface area contributed by atoms with Crippen molar-refractivity contribution in [3.8, 4) is 0 Å². The summed E-state index contributed by atoms with van der Waals surface area (Å²) in [6, 6.07) is 11.4. The molecule has 0 amide bonds. The average Bonchev–Trinajstić information content (AvgIpc) is 2.85. The van der Waals surface area contributed by atoms with Gasteiger partial charge in [0.15, 0.2) is 0 Å². The van der Waals surface area contributed by atoms with Crippen LogP contribution in [0, 0.1) is 0 Å². The van der Waals surface area contributed by atoms with E-state index in [4.69, 9.17) is 0 Å². The molecule has 1 aliphatic carbocycles. The molecule has 0 bridgehead atoms. The zero-order valence-electron chi connectivity index (χ0n) is 15.1. The van der Waals surface area contributed by atoms with Crippen LogP contribution in [0.4, 0.5) is 0 Å². The highest BCUT2D eigenvalue weighted by molar-refractivity contribution is 5.14. The zero-order chi connectivity index (χ0) is 16.7. The van der Waals surface area contributed by atoms with Gasteiger partial charge < -0.3 is 15.3 Å². The van der Waals surface area contributed by atoms with E-state index in [2.05, 4.69) is 40.5 Å². The molecule has 1 aromatic rings. The van der Waals surface area contributed by atoms with E-state index in [-0.39, 0.29) is 0 Å².